The Morgan fingerprint density at radius 2 is 1.96 bits per heavy atom. The fourth-order valence-corrected chi connectivity index (χ4v) is 5.30. The van der Waals surface area contributed by atoms with E-state index in [4.69, 9.17) is 4.98 Å². The molecule has 28 heavy (non-hydrogen) atoms. The molecule has 0 N–H and O–H groups in total. The fraction of sp³-hybridized carbons (Fsp3) is 0.542. The van der Waals surface area contributed by atoms with Gasteiger partial charge in [0.25, 0.3) is 0 Å². The third-order valence-corrected chi connectivity index (χ3v) is 7.48. The molecule has 2 aromatic rings. The van der Waals surface area contributed by atoms with Crippen molar-refractivity contribution in [2.45, 2.75) is 51.5 Å². The van der Waals surface area contributed by atoms with Gasteiger partial charge in [0.05, 0.1) is 9.88 Å². The maximum Gasteiger partial charge on any atom is 0.0987 e. The maximum atomic E-state index is 4.78. The van der Waals surface area contributed by atoms with Crippen LogP contribution >= 0.6 is 11.3 Å². The third-order valence-electron chi connectivity index (χ3n) is 6.27. The van der Waals surface area contributed by atoms with Crippen LogP contribution < -0.4 is 0 Å². The van der Waals surface area contributed by atoms with Crippen LogP contribution in [0.5, 0.6) is 0 Å². The lowest BCUT2D eigenvalue weighted by Gasteiger charge is -2.41. The molecule has 0 spiro atoms. The van der Waals surface area contributed by atoms with Gasteiger partial charge < -0.3 is 4.90 Å². The fourth-order valence-electron chi connectivity index (χ4n) is 4.30. The Morgan fingerprint density at radius 3 is 2.61 bits per heavy atom. The Kier molecular flexibility index (Phi) is 5.73. The third kappa shape index (κ3) is 4.10. The zero-order valence-corrected chi connectivity index (χ0v) is 18.6. The van der Waals surface area contributed by atoms with Crippen molar-refractivity contribution in [2.75, 3.05) is 33.2 Å². The quantitative estimate of drug-likeness (QED) is 0.604. The van der Waals surface area contributed by atoms with E-state index in [1.165, 1.54) is 39.7 Å². The smallest absolute Gasteiger partial charge is 0.0987 e. The average molecular weight is 396 g/mol. The van der Waals surface area contributed by atoms with Gasteiger partial charge in [-0.2, -0.15) is 0 Å². The number of allylic oxidation sites excluding steroid dienone is 1. The first kappa shape index (κ1) is 19.8. The maximum absolute atomic E-state index is 4.78. The van der Waals surface area contributed by atoms with Crippen LogP contribution in [0.25, 0.3) is 10.4 Å². The SMILES string of the molecule is C=C(C)CCc1ccc(-c2cnc(C3CN(C(C)C)C3)s2)cc1C1CN(C)C1. The van der Waals surface area contributed by atoms with E-state index in [2.05, 4.69) is 68.6 Å². The van der Waals surface area contributed by atoms with E-state index < -0.39 is 0 Å². The molecule has 1 aromatic carbocycles. The number of nitrogens with zero attached hydrogens (tertiary/aromatic N) is 3. The topological polar surface area (TPSA) is 19.4 Å². The number of rotatable bonds is 7. The van der Waals surface area contributed by atoms with Crippen molar-refractivity contribution < 1.29 is 0 Å². The van der Waals surface area contributed by atoms with Gasteiger partial charge in [-0.05, 0) is 63.4 Å². The lowest BCUT2D eigenvalue weighted by Crippen LogP contribution is -2.48. The molecular weight excluding hydrogens is 362 g/mol. The molecule has 4 heteroatoms. The highest BCUT2D eigenvalue weighted by atomic mass is 32.1. The molecule has 0 aliphatic carbocycles. The highest BCUT2D eigenvalue weighted by Gasteiger charge is 2.32. The lowest BCUT2D eigenvalue weighted by molar-refractivity contribution is 0.110. The standard InChI is InChI=1S/C24H33N3S/c1-16(2)6-7-18-8-9-19(10-22(18)20-12-26(5)13-20)23-11-25-24(28-23)21-14-27(15-21)17(3)4/h8-11,17,20-21H,1,6-7,12-15H2,2-5H3. The van der Waals surface area contributed by atoms with Gasteiger partial charge in [0.15, 0.2) is 0 Å². The van der Waals surface area contributed by atoms with E-state index in [0.717, 1.165) is 25.9 Å². The summed E-state index contributed by atoms with van der Waals surface area (Å²) in [5, 5.41) is 1.31. The number of thiazole rings is 1. The Morgan fingerprint density at radius 1 is 1.21 bits per heavy atom. The van der Waals surface area contributed by atoms with Crippen LogP contribution in [0.15, 0.2) is 36.5 Å². The zero-order chi connectivity index (χ0) is 19.8. The van der Waals surface area contributed by atoms with Gasteiger partial charge in [-0.25, -0.2) is 4.98 Å². The van der Waals surface area contributed by atoms with Crippen molar-refractivity contribution in [1.29, 1.82) is 0 Å². The molecule has 0 radical (unpaired) electrons. The molecule has 3 nitrogen and oxygen atoms in total. The van der Waals surface area contributed by atoms with Crippen molar-refractivity contribution in [3.8, 4) is 10.4 Å². The summed E-state index contributed by atoms with van der Waals surface area (Å²) in [4.78, 5) is 11.0. The van der Waals surface area contributed by atoms with Gasteiger partial charge in [-0.1, -0.05) is 17.7 Å². The summed E-state index contributed by atoms with van der Waals surface area (Å²) in [5.74, 6) is 1.29. The molecule has 0 atom stereocenters. The first-order valence-electron chi connectivity index (χ1n) is 10.6. The Hall–Kier alpha value is -1.49. The number of hydrogen-bond donors (Lipinski definition) is 0. The van der Waals surface area contributed by atoms with E-state index in [-0.39, 0.29) is 0 Å². The zero-order valence-electron chi connectivity index (χ0n) is 17.7. The van der Waals surface area contributed by atoms with Crippen LogP contribution in [-0.2, 0) is 6.42 Å². The Bertz CT molecular complexity index is 841. The van der Waals surface area contributed by atoms with Crippen LogP contribution in [-0.4, -0.2) is 54.1 Å². The van der Waals surface area contributed by atoms with Crippen molar-refractivity contribution in [3.63, 3.8) is 0 Å². The summed E-state index contributed by atoms with van der Waals surface area (Å²) >= 11 is 1.89. The molecule has 4 rings (SSSR count). The van der Waals surface area contributed by atoms with Gasteiger partial charge >= 0.3 is 0 Å². The lowest BCUT2D eigenvalue weighted by atomic mass is 9.85. The minimum atomic E-state index is 0.621. The molecule has 0 unspecified atom stereocenters. The number of benzene rings is 1. The first-order valence-corrected chi connectivity index (χ1v) is 11.4. The summed E-state index contributed by atoms with van der Waals surface area (Å²) in [5.41, 5.74) is 5.65. The van der Waals surface area contributed by atoms with Gasteiger partial charge in [0.1, 0.15) is 0 Å². The highest BCUT2D eigenvalue weighted by Crippen LogP contribution is 2.37. The van der Waals surface area contributed by atoms with Crippen molar-refractivity contribution in [1.82, 2.24) is 14.8 Å². The van der Waals surface area contributed by atoms with Gasteiger partial charge in [-0.15, -0.1) is 17.9 Å². The van der Waals surface area contributed by atoms with Gasteiger partial charge in [-0.3, -0.25) is 4.90 Å². The van der Waals surface area contributed by atoms with Crippen molar-refractivity contribution >= 4 is 11.3 Å². The predicted octanol–water partition coefficient (Wildman–Crippen LogP) is 5.16. The van der Waals surface area contributed by atoms with Crippen LogP contribution in [0, 0.1) is 0 Å². The van der Waals surface area contributed by atoms with E-state index in [0.29, 0.717) is 17.9 Å². The van der Waals surface area contributed by atoms with Crippen molar-refractivity contribution in [2.24, 2.45) is 0 Å². The largest absolute Gasteiger partial charge is 0.305 e. The molecule has 0 bridgehead atoms. The number of hydrogen-bond acceptors (Lipinski definition) is 4. The Labute approximate surface area is 174 Å². The second-order valence-corrected chi connectivity index (χ2v) is 10.2. The molecule has 0 amide bonds. The van der Waals surface area contributed by atoms with Crippen LogP contribution in [0.1, 0.15) is 55.2 Å². The minimum Gasteiger partial charge on any atom is -0.305 e. The second-order valence-electron chi connectivity index (χ2n) is 9.10. The Balaban J connectivity index is 1.53. The van der Waals surface area contributed by atoms with Gasteiger partial charge in [0, 0.05) is 50.3 Å². The van der Waals surface area contributed by atoms with E-state index >= 15 is 0 Å². The molecular formula is C24H33N3S. The van der Waals surface area contributed by atoms with Gasteiger partial charge in [0.2, 0.25) is 0 Å². The number of aryl methyl sites for hydroxylation is 1. The summed E-state index contributed by atoms with van der Waals surface area (Å²) < 4.78 is 0. The summed E-state index contributed by atoms with van der Waals surface area (Å²) in [6.07, 6.45) is 4.28. The highest BCUT2D eigenvalue weighted by molar-refractivity contribution is 7.15. The average Bonchev–Trinajstić information content (AvgIpc) is 3.05. The van der Waals surface area contributed by atoms with E-state index in [9.17, 15) is 0 Å². The van der Waals surface area contributed by atoms with E-state index in [1.807, 2.05) is 11.3 Å². The monoisotopic (exact) mass is 395 g/mol. The minimum absolute atomic E-state index is 0.621. The number of likely N-dealkylation sites (tertiary alicyclic amines) is 2. The molecule has 3 heterocycles. The second kappa shape index (κ2) is 8.10. The summed E-state index contributed by atoms with van der Waals surface area (Å²) in [7, 11) is 2.21. The van der Waals surface area contributed by atoms with Crippen LogP contribution in [0.3, 0.4) is 0 Å². The molecule has 1 aromatic heterocycles. The molecule has 2 aliphatic heterocycles. The van der Waals surface area contributed by atoms with Crippen molar-refractivity contribution in [3.05, 3.63) is 52.7 Å². The molecule has 150 valence electrons. The molecule has 0 saturated carbocycles. The molecule has 2 fully saturated rings. The summed E-state index contributed by atoms with van der Waals surface area (Å²) in [6.45, 7) is 15.4. The summed E-state index contributed by atoms with van der Waals surface area (Å²) in [6, 6.07) is 7.75. The molecule has 2 aliphatic rings. The number of aromatic nitrogens is 1. The van der Waals surface area contributed by atoms with Crippen LogP contribution in [0.2, 0.25) is 0 Å². The predicted molar refractivity (Wildman–Crippen MR) is 120 cm³/mol. The van der Waals surface area contributed by atoms with E-state index in [1.54, 1.807) is 5.56 Å². The first-order chi connectivity index (χ1) is 13.4. The normalized spacial score (nSPS) is 19.0. The molecule has 2 saturated heterocycles. The van der Waals surface area contributed by atoms with Crippen LogP contribution in [0.4, 0.5) is 0 Å². The number of likely N-dealkylation sites (N-methyl/N-ethyl adjacent to an activating group) is 1.